The summed E-state index contributed by atoms with van der Waals surface area (Å²) in [4.78, 5) is 18.9. The summed E-state index contributed by atoms with van der Waals surface area (Å²) in [5.74, 6) is 1.59. The quantitative estimate of drug-likeness (QED) is 0.380. The lowest BCUT2D eigenvalue weighted by Crippen LogP contribution is -2.33. The third-order valence-corrected chi connectivity index (χ3v) is 7.14. The summed E-state index contributed by atoms with van der Waals surface area (Å²) in [5, 5.41) is 26.7. The molecule has 1 unspecified atom stereocenters. The largest absolute Gasteiger partial charge is 0.489 e. The average molecular weight is 516 g/mol. The second-order valence-electron chi connectivity index (χ2n) is 10.1. The van der Waals surface area contributed by atoms with Gasteiger partial charge in [0.25, 0.3) is 0 Å². The molecule has 1 aliphatic carbocycles. The molecule has 2 aliphatic rings. The number of nitrogens with one attached hydrogen (secondary N) is 2. The fraction of sp³-hybridized carbons (Fsp3) is 0.414. The second-order valence-corrected chi connectivity index (χ2v) is 10.1. The van der Waals surface area contributed by atoms with Crippen LogP contribution < -0.4 is 20.1 Å². The molecule has 2 fully saturated rings. The molecule has 0 bridgehead atoms. The standard InChI is InChI=1S/C29H33N5O4/c1-18-19(2)26(8-7-24(18)33-29(36)32-21-5-6-21)38-27-9-10-31-25-14-28(20(15-30)13-23(25)27)37-17-22(35)16-34-11-3-4-12-34/h7-10,13-14,21-22,35H,3-6,11-12,16-17H2,1-2H3,(H2,32,33,36). The van der Waals surface area contributed by atoms with Gasteiger partial charge in [0, 0.05) is 35.9 Å². The Morgan fingerprint density at radius 1 is 1.16 bits per heavy atom. The number of ether oxygens (including phenoxy) is 2. The lowest BCUT2D eigenvalue weighted by Gasteiger charge is -2.20. The number of hydrogen-bond acceptors (Lipinski definition) is 7. The van der Waals surface area contributed by atoms with Crippen LogP contribution in [0, 0.1) is 25.2 Å². The van der Waals surface area contributed by atoms with Gasteiger partial charge in [-0.3, -0.25) is 4.98 Å². The molecule has 1 aliphatic heterocycles. The second kappa shape index (κ2) is 11.3. The molecule has 2 aromatic carbocycles. The SMILES string of the molecule is Cc1c(NC(=O)NC2CC2)ccc(Oc2ccnc3cc(OCC(O)CN4CCCC4)c(C#N)cc23)c1C. The van der Waals surface area contributed by atoms with E-state index in [1.165, 1.54) is 0 Å². The summed E-state index contributed by atoms with van der Waals surface area (Å²) >= 11 is 0. The van der Waals surface area contributed by atoms with Crippen LogP contribution in [0.1, 0.15) is 42.4 Å². The zero-order valence-electron chi connectivity index (χ0n) is 21.8. The number of pyridine rings is 1. The lowest BCUT2D eigenvalue weighted by atomic mass is 10.1. The highest BCUT2D eigenvalue weighted by Crippen LogP contribution is 2.36. The molecule has 1 atom stereocenters. The first-order valence-corrected chi connectivity index (χ1v) is 13.1. The van der Waals surface area contributed by atoms with Crippen LogP contribution >= 0.6 is 0 Å². The van der Waals surface area contributed by atoms with Gasteiger partial charge in [-0.2, -0.15) is 5.26 Å². The molecule has 2 heterocycles. The highest BCUT2D eigenvalue weighted by atomic mass is 16.5. The number of likely N-dealkylation sites (tertiary alicyclic amines) is 1. The van der Waals surface area contributed by atoms with Crippen molar-refractivity contribution in [2.24, 2.45) is 0 Å². The maximum Gasteiger partial charge on any atom is 0.319 e. The molecule has 1 saturated carbocycles. The molecule has 1 aromatic heterocycles. The minimum Gasteiger partial charge on any atom is -0.489 e. The average Bonchev–Trinajstić information content (AvgIpc) is 3.57. The maximum absolute atomic E-state index is 12.2. The monoisotopic (exact) mass is 515 g/mol. The number of nitriles is 1. The lowest BCUT2D eigenvalue weighted by molar-refractivity contribution is 0.0758. The van der Waals surface area contributed by atoms with Crippen molar-refractivity contribution in [3.8, 4) is 23.3 Å². The number of carbonyl (C=O) groups excluding carboxylic acids is 1. The van der Waals surface area contributed by atoms with Gasteiger partial charge >= 0.3 is 6.03 Å². The van der Waals surface area contributed by atoms with E-state index in [2.05, 4.69) is 26.6 Å². The zero-order chi connectivity index (χ0) is 26.6. The van der Waals surface area contributed by atoms with Crippen LogP contribution in [0.4, 0.5) is 10.5 Å². The van der Waals surface area contributed by atoms with E-state index in [0.29, 0.717) is 40.3 Å². The molecule has 3 aromatic rings. The fourth-order valence-corrected chi connectivity index (χ4v) is 4.68. The van der Waals surface area contributed by atoms with Gasteiger partial charge in [-0.15, -0.1) is 0 Å². The number of nitrogens with zero attached hydrogens (tertiary/aromatic N) is 3. The van der Waals surface area contributed by atoms with E-state index in [9.17, 15) is 15.2 Å². The normalized spacial score (nSPS) is 16.2. The van der Waals surface area contributed by atoms with Crippen molar-refractivity contribution in [1.29, 1.82) is 5.26 Å². The first-order valence-electron chi connectivity index (χ1n) is 13.1. The Balaban J connectivity index is 1.32. The summed E-state index contributed by atoms with van der Waals surface area (Å²) in [6.07, 6.45) is 5.38. The molecule has 0 spiro atoms. The van der Waals surface area contributed by atoms with Crippen molar-refractivity contribution in [3.05, 3.63) is 53.2 Å². The van der Waals surface area contributed by atoms with Crippen molar-refractivity contribution < 1.29 is 19.4 Å². The Morgan fingerprint density at radius 3 is 2.68 bits per heavy atom. The van der Waals surface area contributed by atoms with Gasteiger partial charge in [-0.05, 0) is 88.0 Å². The van der Waals surface area contributed by atoms with Crippen LogP contribution in [0.25, 0.3) is 10.9 Å². The summed E-state index contributed by atoms with van der Waals surface area (Å²) < 4.78 is 12.1. The first-order chi connectivity index (χ1) is 18.4. The number of rotatable bonds is 9. The number of aromatic nitrogens is 1. The van der Waals surface area contributed by atoms with Crippen molar-refractivity contribution in [2.75, 3.05) is 31.6 Å². The van der Waals surface area contributed by atoms with Crippen LogP contribution in [0.3, 0.4) is 0 Å². The number of fused-ring (bicyclic) bond motifs is 1. The van der Waals surface area contributed by atoms with Gasteiger partial charge in [0.1, 0.15) is 36.0 Å². The van der Waals surface area contributed by atoms with Gasteiger partial charge in [0.2, 0.25) is 0 Å². The summed E-state index contributed by atoms with van der Waals surface area (Å²) in [7, 11) is 0. The maximum atomic E-state index is 12.2. The fourth-order valence-electron chi connectivity index (χ4n) is 4.68. The number of hydrogen-bond donors (Lipinski definition) is 3. The molecule has 0 radical (unpaired) electrons. The number of urea groups is 1. The number of carbonyl (C=O) groups is 1. The van der Waals surface area contributed by atoms with E-state index < -0.39 is 6.10 Å². The molecule has 9 nitrogen and oxygen atoms in total. The van der Waals surface area contributed by atoms with Gasteiger partial charge in [0.05, 0.1) is 11.1 Å². The number of β-amino-alcohol motifs (C(OH)–C–C–N with tert-alkyl or cyclic N) is 1. The van der Waals surface area contributed by atoms with Crippen molar-refractivity contribution in [2.45, 2.75) is 51.7 Å². The molecule has 9 heteroatoms. The molecular formula is C29H33N5O4. The first kappa shape index (κ1) is 25.8. The minimum absolute atomic E-state index is 0.102. The number of anilines is 1. The van der Waals surface area contributed by atoms with Crippen molar-refractivity contribution >= 4 is 22.6 Å². The molecule has 1 saturated heterocycles. The number of benzene rings is 2. The number of amides is 2. The topological polar surface area (TPSA) is 120 Å². The summed E-state index contributed by atoms with van der Waals surface area (Å²) in [5.41, 5.74) is 3.50. The van der Waals surface area contributed by atoms with E-state index >= 15 is 0 Å². The summed E-state index contributed by atoms with van der Waals surface area (Å²) in [6.45, 7) is 6.54. The molecule has 5 rings (SSSR count). The van der Waals surface area contributed by atoms with Crippen molar-refractivity contribution in [3.63, 3.8) is 0 Å². The molecule has 3 N–H and O–H groups in total. The van der Waals surface area contributed by atoms with Crippen LogP contribution in [0.2, 0.25) is 0 Å². The van der Waals surface area contributed by atoms with E-state index in [0.717, 1.165) is 55.6 Å². The van der Waals surface area contributed by atoms with Crippen LogP contribution in [0.15, 0.2) is 36.5 Å². The Bertz CT molecular complexity index is 1380. The van der Waals surface area contributed by atoms with E-state index in [4.69, 9.17) is 9.47 Å². The van der Waals surface area contributed by atoms with Gasteiger partial charge in [0.15, 0.2) is 0 Å². The van der Waals surface area contributed by atoms with Gasteiger partial charge in [-0.1, -0.05) is 0 Å². The molecule has 2 amide bonds. The Kier molecular flexibility index (Phi) is 7.63. The Labute approximate surface area is 222 Å². The highest BCUT2D eigenvalue weighted by Gasteiger charge is 2.23. The minimum atomic E-state index is -0.638. The van der Waals surface area contributed by atoms with E-state index in [1.54, 1.807) is 24.4 Å². The number of aliphatic hydroxyl groups is 1. The van der Waals surface area contributed by atoms with Crippen LogP contribution in [-0.2, 0) is 0 Å². The molecule has 38 heavy (non-hydrogen) atoms. The smallest absolute Gasteiger partial charge is 0.319 e. The third kappa shape index (κ3) is 5.98. The number of aliphatic hydroxyl groups excluding tert-OH is 1. The summed E-state index contributed by atoms with van der Waals surface area (Å²) in [6, 6.07) is 11.1. The van der Waals surface area contributed by atoms with E-state index in [-0.39, 0.29) is 18.7 Å². The molecular weight excluding hydrogens is 482 g/mol. The molecule has 198 valence electrons. The zero-order valence-corrected chi connectivity index (χ0v) is 21.8. The van der Waals surface area contributed by atoms with E-state index in [1.807, 2.05) is 26.0 Å². The van der Waals surface area contributed by atoms with Gasteiger partial charge < -0.3 is 30.1 Å². The van der Waals surface area contributed by atoms with Crippen LogP contribution in [-0.4, -0.2) is 59.4 Å². The Morgan fingerprint density at radius 2 is 1.95 bits per heavy atom. The third-order valence-electron chi connectivity index (χ3n) is 7.14. The van der Waals surface area contributed by atoms with Crippen molar-refractivity contribution in [1.82, 2.24) is 15.2 Å². The predicted molar refractivity (Wildman–Crippen MR) is 145 cm³/mol. The predicted octanol–water partition coefficient (Wildman–Crippen LogP) is 4.64. The Hall–Kier alpha value is -3.87. The van der Waals surface area contributed by atoms with Gasteiger partial charge in [-0.25, -0.2) is 4.79 Å². The highest BCUT2D eigenvalue weighted by molar-refractivity contribution is 5.91. The van der Waals surface area contributed by atoms with Crippen LogP contribution in [0.5, 0.6) is 17.2 Å².